The Labute approximate surface area is 170 Å². The molecule has 1 amide bonds. The molecular weight excluding hydrogens is 372 g/mol. The Hall–Kier alpha value is -2.85. The Morgan fingerprint density at radius 2 is 1.75 bits per heavy atom. The number of anilines is 1. The number of rotatable bonds is 6. The average Bonchev–Trinajstić information content (AvgIpc) is 2.66. The highest BCUT2D eigenvalue weighted by molar-refractivity contribution is 6.31. The van der Waals surface area contributed by atoms with Crippen LogP contribution >= 0.6 is 11.6 Å². The van der Waals surface area contributed by atoms with E-state index in [2.05, 4.69) is 11.1 Å². The molecule has 0 radical (unpaired) electrons. The summed E-state index contributed by atoms with van der Waals surface area (Å²) in [6.07, 6.45) is 0.989. The standard InChI is InChI=1S/C23H23ClN2O2/c1-16-12-17(2)14-20(13-16)28-18(3)23(27)26(22-10-6-7-11-25-22)15-19-8-4-5-9-21(19)24/h4-14,18H,15H2,1-3H3/t18-/m0/s1. The number of hydrogen-bond donors (Lipinski definition) is 0. The maximum Gasteiger partial charge on any atom is 0.269 e. The summed E-state index contributed by atoms with van der Waals surface area (Å²) in [5, 5.41) is 0.610. The number of benzene rings is 2. The normalized spacial score (nSPS) is 11.7. The van der Waals surface area contributed by atoms with Crippen molar-refractivity contribution >= 4 is 23.3 Å². The van der Waals surface area contributed by atoms with E-state index in [4.69, 9.17) is 16.3 Å². The lowest BCUT2D eigenvalue weighted by Gasteiger charge is -2.26. The second-order valence-electron chi connectivity index (χ2n) is 6.79. The first-order chi connectivity index (χ1) is 13.4. The Morgan fingerprint density at radius 1 is 1.07 bits per heavy atom. The first-order valence-electron chi connectivity index (χ1n) is 9.15. The molecule has 1 heterocycles. The van der Waals surface area contributed by atoms with Crippen LogP contribution in [0.15, 0.2) is 66.9 Å². The quantitative estimate of drug-likeness (QED) is 0.565. The minimum atomic E-state index is -0.675. The molecule has 0 bridgehead atoms. The topological polar surface area (TPSA) is 42.4 Å². The van der Waals surface area contributed by atoms with E-state index < -0.39 is 6.10 Å². The molecule has 0 N–H and O–H groups in total. The number of pyridine rings is 1. The monoisotopic (exact) mass is 394 g/mol. The van der Waals surface area contributed by atoms with Gasteiger partial charge in [0.05, 0.1) is 6.54 Å². The summed E-state index contributed by atoms with van der Waals surface area (Å²) < 4.78 is 5.96. The molecule has 4 nitrogen and oxygen atoms in total. The van der Waals surface area contributed by atoms with Gasteiger partial charge in [-0.1, -0.05) is 41.9 Å². The molecule has 0 spiro atoms. The fourth-order valence-corrected chi connectivity index (χ4v) is 3.25. The van der Waals surface area contributed by atoms with Crippen molar-refractivity contribution in [2.45, 2.75) is 33.4 Å². The van der Waals surface area contributed by atoms with Crippen LogP contribution in [0, 0.1) is 13.8 Å². The molecule has 1 atom stereocenters. The first-order valence-corrected chi connectivity index (χ1v) is 9.52. The first kappa shape index (κ1) is 19.9. The van der Waals surface area contributed by atoms with Gasteiger partial charge < -0.3 is 4.74 Å². The Bertz CT molecular complexity index is 940. The van der Waals surface area contributed by atoms with Crippen LogP contribution in [0.25, 0.3) is 0 Å². The van der Waals surface area contributed by atoms with Gasteiger partial charge in [0.15, 0.2) is 6.10 Å². The Kier molecular flexibility index (Phi) is 6.32. The van der Waals surface area contributed by atoms with Crippen molar-refractivity contribution in [2.75, 3.05) is 4.90 Å². The van der Waals surface area contributed by atoms with Crippen LogP contribution in [0.2, 0.25) is 5.02 Å². The molecule has 144 valence electrons. The van der Waals surface area contributed by atoms with E-state index in [-0.39, 0.29) is 5.91 Å². The highest BCUT2D eigenvalue weighted by Crippen LogP contribution is 2.23. The minimum absolute atomic E-state index is 0.183. The number of hydrogen-bond acceptors (Lipinski definition) is 3. The molecular formula is C23H23ClN2O2. The summed E-state index contributed by atoms with van der Waals surface area (Å²) in [6.45, 7) is 6.08. The maximum atomic E-state index is 13.3. The fourth-order valence-electron chi connectivity index (χ4n) is 3.06. The highest BCUT2D eigenvalue weighted by atomic mass is 35.5. The smallest absolute Gasteiger partial charge is 0.269 e. The van der Waals surface area contributed by atoms with Crippen LogP contribution in [0.1, 0.15) is 23.6 Å². The van der Waals surface area contributed by atoms with Crippen molar-refractivity contribution in [3.63, 3.8) is 0 Å². The number of amides is 1. The third-order valence-corrected chi connectivity index (χ3v) is 4.70. The predicted octanol–water partition coefficient (Wildman–Crippen LogP) is 5.35. The third-order valence-electron chi connectivity index (χ3n) is 4.33. The van der Waals surface area contributed by atoms with Crippen LogP contribution in [-0.4, -0.2) is 17.0 Å². The molecule has 3 rings (SSSR count). The summed E-state index contributed by atoms with van der Waals surface area (Å²) in [6, 6.07) is 18.9. The third kappa shape index (κ3) is 4.90. The largest absolute Gasteiger partial charge is 0.481 e. The zero-order chi connectivity index (χ0) is 20.1. The van der Waals surface area contributed by atoms with E-state index in [1.54, 1.807) is 24.1 Å². The van der Waals surface area contributed by atoms with Gasteiger partial charge in [-0.25, -0.2) is 4.98 Å². The van der Waals surface area contributed by atoms with E-state index in [1.807, 2.05) is 62.4 Å². The van der Waals surface area contributed by atoms with Crippen molar-refractivity contribution in [2.24, 2.45) is 0 Å². The number of carbonyl (C=O) groups is 1. The number of aryl methyl sites for hydroxylation is 2. The predicted molar refractivity (Wildman–Crippen MR) is 113 cm³/mol. The van der Waals surface area contributed by atoms with E-state index >= 15 is 0 Å². The molecule has 0 fully saturated rings. The molecule has 1 aromatic heterocycles. The summed E-state index contributed by atoms with van der Waals surface area (Å²) in [4.78, 5) is 19.2. The number of ether oxygens (including phenoxy) is 1. The number of carbonyl (C=O) groups excluding carboxylic acids is 1. The molecule has 0 aliphatic carbocycles. The summed E-state index contributed by atoms with van der Waals surface area (Å²) >= 11 is 6.32. The number of nitrogens with zero attached hydrogens (tertiary/aromatic N) is 2. The van der Waals surface area contributed by atoms with E-state index in [0.717, 1.165) is 16.7 Å². The van der Waals surface area contributed by atoms with E-state index in [9.17, 15) is 4.79 Å². The average molecular weight is 395 g/mol. The zero-order valence-electron chi connectivity index (χ0n) is 16.2. The Morgan fingerprint density at radius 3 is 2.39 bits per heavy atom. The van der Waals surface area contributed by atoms with Gasteiger partial charge in [0.1, 0.15) is 11.6 Å². The molecule has 0 aliphatic rings. The van der Waals surface area contributed by atoms with E-state index in [1.165, 1.54) is 0 Å². The van der Waals surface area contributed by atoms with Gasteiger partial charge in [-0.15, -0.1) is 0 Å². The van der Waals surface area contributed by atoms with Crippen molar-refractivity contribution in [1.82, 2.24) is 4.98 Å². The minimum Gasteiger partial charge on any atom is -0.481 e. The summed E-state index contributed by atoms with van der Waals surface area (Å²) in [5.41, 5.74) is 3.03. The van der Waals surface area contributed by atoms with E-state index in [0.29, 0.717) is 23.1 Å². The van der Waals surface area contributed by atoms with Crippen molar-refractivity contribution < 1.29 is 9.53 Å². The van der Waals surface area contributed by atoms with Crippen molar-refractivity contribution in [3.8, 4) is 5.75 Å². The lowest BCUT2D eigenvalue weighted by atomic mass is 10.1. The van der Waals surface area contributed by atoms with Crippen LogP contribution in [0.5, 0.6) is 5.75 Å². The van der Waals surface area contributed by atoms with Crippen LogP contribution in [0.4, 0.5) is 5.82 Å². The molecule has 0 saturated heterocycles. The van der Waals surface area contributed by atoms with Gasteiger partial charge in [0, 0.05) is 11.2 Å². The Balaban J connectivity index is 1.86. The van der Waals surface area contributed by atoms with Crippen LogP contribution < -0.4 is 9.64 Å². The lowest BCUT2D eigenvalue weighted by molar-refractivity contribution is -0.124. The second kappa shape index (κ2) is 8.89. The molecule has 3 aromatic rings. The summed E-state index contributed by atoms with van der Waals surface area (Å²) in [7, 11) is 0. The molecule has 28 heavy (non-hydrogen) atoms. The van der Waals surface area contributed by atoms with Crippen molar-refractivity contribution in [1.29, 1.82) is 0 Å². The van der Waals surface area contributed by atoms with Gasteiger partial charge >= 0.3 is 0 Å². The van der Waals surface area contributed by atoms with Gasteiger partial charge in [0.2, 0.25) is 0 Å². The lowest BCUT2D eigenvalue weighted by Crippen LogP contribution is -2.40. The molecule has 5 heteroatoms. The van der Waals surface area contributed by atoms with Gasteiger partial charge in [-0.3, -0.25) is 9.69 Å². The van der Waals surface area contributed by atoms with Crippen LogP contribution in [-0.2, 0) is 11.3 Å². The summed E-state index contributed by atoms with van der Waals surface area (Å²) in [5.74, 6) is 1.05. The molecule has 0 unspecified atom stereocenters. The fraction of sp³-hybridized carbons (Fsp3) is 0.217. The molecule has 2 aromatic carbocycles. The van der Waals surface area contributed by atoms with Gasteiger partial charge in [-0.2, -0.15) is 0 Å². The SMILES string of the molecule is Cc1cc(C)cc(O[C@@H](C)C(=O)N(Cc2ccccc2Cl)c2ccccn2)c1. The van der Waals surface area contributed by atoms with Gasteiger partial charge in [0.25, 0.3) is 5.91 Å². The van der Waals surface area contributed by atoms with Crippen LogP contribution in [0.3, 0.4) is 0 Å². The van der Waals surface area contributed by atoms with Crippen molar-refractivity contribution in [3.05, 3.63) is 88.6 Å². The second-order valence-corrected chi connectivity index (χ2v) is 7.19. The maximum absolute atomic E-state index is 13.3. The number of halogens is 1. The number of aromatic nitrogens is 1. The van der Waals surface area contributed by atoms with Gasteiger partial charge in [-0.05, 0) is 67.8 Å². The molecule has 0 aliphatic heterocycles. The molecule has 0 saturated carbocycles. The zero-order valence-corrected chi connectivity index (χ0v) is 17.0. The highest BCUT2D eigenvalue weighted by Gasteiger charge is 2.25.